The Morgan fingerprint density at radius 2 is 2.00 bits per heavy atom. The molecule has 1 aliphatic heterocycles. The summed E-state index contributed by atoms with van der Waals surface area (Å²) in [6, 6.07) is 13.1. The van der Waals surface area contributed by atoms with Crippen LogP contribution < -0.4 is 5.32 Å². The van der Waals surface area contributed by atoms with Gasteiger partial charge in [0.15, 0.2) is 0 Å². The fourth-order valence-corrected chi connectivity index (χ4v) is 5.74. The lowest BCUT2D eigenvalue weighted by Gasteiger charge is -2.24. The smallest absolute Gasteiger partial charge is 0.245 e. The number of hydrogen-bond donors (Lipinski definition) is 1. The third kappa shape index (κ3) is 3.73. The molecule has 1 unspecified atom stereocenters. The minimum atomic E-state index is -3.89. The first kappa shape index (κ1) is 19.8. The summed E-state index contributed by atoms with van der Waals surface area (Å²) in [5, 5.41) is 3.93. The fourth-order valence-electron chi connectivity index (χ4n) is 3.64. The molecule has 1 amide bonds. The number of carbonyl (C=O) groups excluding carboxylic acids is 1. The van der Waals surface area contributed by atoms with E-state index >= 15 is 0 Å². The number of aromatic nitrogens is 1. The largest absolute Gasteiger partial charge is 0.323 e. The highest BCUT2D eigenvalue weighted by Crippen LogP contribution is 2.31. The van der Waals surface area contributed by atoms with Crippen molar-refractivity contribution in [2.75, 3.05) is 11.9 Å². The Kier molecular flexibility index (Phi) is 5.29. The van der Waals surface area contributed by atoms with Crippen LogP contribution in [0.4, 0.5) is 5.69 Å². The summed E-state index contributed by atoms with van der Waals surface area (Å²) in [5.41, 5.74) is 1.85. The number of nitrogens with zero attached hydrogens (tertiary/aromatic N) is 2. The molecule has 1 saturated heterocycles. The summed E-state index contributed by atoms with van der Waals surface area (Å²) in [6.07, 6.45) is 2.62. The van der Waals surface area contributed by atoms with Gasteiger partial charge in [0.05, 0.1) is 16.2 Å². The highest BCUT2D eigenvalue weighted by atomic mass is 35.5. The number of carbonyl (C=O) groups is 1. The van der Waals surface area contributed by atoms with Crippen molar-refractivity contribution in [3.63, 3.8) is 0 Å². The Balaban J connectivity index is 1.66. The fraction of sp³-hybridized carbons (Fsp3) is 0.238. The minimum absolute atomic E-state index is 0.115. The molecule has 0 radical (unpaired) electrons. The van der Waals surface area contributed by atoms with Crippen LogP contribution in [0.5, 0.6) is 0 Å². The van der Waals surface area contributed by atoms with Crippen LogP contribution in [0.15, 0.2) is 59.6 Å². The second-order valence-electron chi connectivity index (χ2n) is 7.08. The summed E-state index contributed by atoms with van der Waals surface area (Å²) in [4.78, 5) is 17.3. The molecule has 2 heterocycles. The summed E-state index contributed by atoms with van der Waals surface area (Å²) in [5.74, 6) is -0.384. The number of aryl methyl sites for hydroxylation is 1. The first-order valence-electron chi connectivity index (χ1n) is 9.30. The van der Waals surface area contributed by atoms with Crippen molar-refractivity contribution in [1.29, 1.82) is 0 Å². The van der Waals surface area contributed by atoms with E-state index in [4.69, 9.17) is 11.6 Å². The zero-order chi connectivity index (χ0) is 20.6. The molecule has 8 heteroatoms. The Labute approximate surface area is 174 Å². The molecule has 4 rings (SSSR count). The lowest BCUT2D eigenvalue weighted by molar-refractivity contribution is -0.119. The Morgan fingerprint density at radius 3 is 2.79 bits per heavy atom. The molecule has 0 aliphatic carbocycles. The molecule has 0 bridgehead atoms. The summed E-state index contributed by atoms with van der Waals surface area (Å²) >= 11 is 6.21. The lowest BCUT2D eigenvalue weighted by atomic mass is 10.2. The number of para-hydroxylation sites is 1. The van der Waals surface area contributed by atoms with Crippen LogP contribution in [-0.4, -0.2) is 36.2 Å². The van der Waals surface area contributed by atoms with Gasteiger partial charge in [0.1, 0.15) is 10.9 Å². The van der Waals surface area contributed by atoms with Gasteiger partial charge in [-0.2, -0.15) is 4.31 Å². The van der Waals surface area contributed by atoms with Crippen molar-refractivity contribution in [1.82, 2.24) is 9.29 Å². The molecular formula is C21H20ClN3O3S. The molecule has 2 aromatic carbocycles. The standard InChI is InChI=1S/C21H20ClN3O3S/c1-14-9-10-17(16(22)13-14)24-21(26)18-7-4-12-25(18)29(27,28)19-8-2-5-15-6-3-11-23-20(15)19/h2-3,5-6,8-11,13,18H,4,7,12H2,1H3,(H,24,26). The van der Waals surface area contributed by atoms with Crippen molar-refractivity contribution in [3.8, 4) is 0 Å². The van der Waals surface area contributed by atoms with Crippen LogP contribution in [0, 0.1) is 6.92 Å². The molecular weight excluding hydrogens is 410 g/mol. The number of halogens is 1. The van der Waals surface area contributed by atoms with Gasteiger partial charge in [-0.05, 0) is 49.6 Å². The van der Waals surface area contributed by atoms with Crippen LogP contribution in [0.25, 0.3) is 10.9 Å². The van der Waals surface area contributed by atoms with Crippen LogP contribution in [0.2, 0.25) is 5.02 Å². The number of rotatable bonds is 4. The lowest BCUT2D eigenvalue weighted by Crippen LogP contribution is -2.43. The third-order valence-electron chi connectivity index (χ3n) is 5.07. The van der Waals surface area contributed by atoms with Crippen molar-refractivity contribution < 1.29 is 13.2 Å². The Hall–Kier alpha value is -2.48. The number of sulfonamides is 1. The van der Waals surface area contributed by atoms with Crippen LogP contribution in [-0.2, 0) is 14.8 Å². The SMILES string of the molecule is Cc1ccc(NC(=O)C2CCCN2S(=O)(=O)c2cccc3cccnc23)c(Cl)c1. The first-order valence-corrected chi connectivity index (χ1v) is 11.1. The van der Waals surface area contributed by atoms with Gasteiger partial charge in [-0.15, -0.1) is 0 Å². The normalized spacial score (nSPS) is 17.5. The van der Waals surface area contributed by atoms with E-state index < -0.39 is 16.1 Å². The summed E-state index contributed by atoms with van der Waals surface area (Å²) in [6.45, 7) is 2.19. The number of anilines is 1. The van der Waals surface area contributed by atoms with Crippen LogP contribution in [0.1, 0.15) is 18.4 Å². The molecule has 3 aromatic rings. The van der Waals surface area contributed by atoms with Crippen LogP contribution in [0.3, 0.4) is 0 Å². The number of amides is 1. The summed E-state index contributed by atoms with van der Waals surface area (Å²) < 4.78 is 28.1. The van der Waals surface area contributed by atoms with E-state index in [2.05, 4.69) is 10.3 Å². The maximum atomic E-state index is 13.4. The van der Waals surface area contributed by atoms with Gasteiger partial charge in [-0.1, -0.05) is 35.9 Å². The topological polar surface area (TPSA) is 79.4 Å². The summed E-state index contributed by atoms with van der Waals surface area (Å²) in [7, 11) is -3.89. The molecule has 29 heavy (non-hydrogen) atoms. The highest BCUT2D eigenvalue weighted by molar-refractivity contribution is 7.89. The Bertz CT molecular complexity index is 1190. The molecule has 6 nitrogen and oxygen atoms in total. The van der Waals surface area contributed by atoms with Crippen LogP contribution >= 0.6 is 11.6 Å². The first-order chi connectivity index (χ1) is 13.9. The third-order valence-corrected chi connectivity index (χ3v) is 7.32. The molecule has 1 N–H and O–H groups in total. The predicted molar refractivity (Wildman–Crippen MR) is 113 cm³/mol. The predicted octanol–water partition coefficient (Wildman–Crippen LogP) is 3.99. The average molecular weight is 430 g/mol. The van der Waals surface area contributed by atoms with E-state index in [0.29, 0.717) is 29.1 Å². The molecule has 1 atom stereocenters. The second kappa shape index (κ2) is 7.74. The van der Waals surface area contributed by atoms with E-state index in [1.165, 1.54) is 10.4 Å². The number of hydrogen-bond acceptors (Lipinski definition) is 4. The molecule has 1 aliphatic rings. The van der Waals surface area contributed by atoms with Gasteiger partial charge < -0.3 is 5.32 Å². The maximum Gasteiger partial charge on any atom is 0.245 e. The van der Waals surface area contributed by atoms with Gasteiger partial charge in [-0.3, -0.25) is 9.78 Å². The van der Waals surface area contributed by atoms with Gasteiger partial charge in [0.2, 0.25) is 15.9 Å². The number of benzene rings is 2. The van der Waals surface area contributed by atoms with Crippen molar-refractivity contribution in [3.05, 3.63) is 65.3 Å². The van der Waals surface area contributed by atoms with Crippen molar-refractivity contribution in [2.45, 2.75) is 30.7 Å². The van der Waals surface area contributed by atoms with E-state index in [1.54, 1.807) is 30.5 Å². The number of pyridine rings is 1. The molecule has 1 fully saturated rings. The zero-order valence-corrected chi connectivity index (χ0v) is 17.4. The van der Waals surface area contributed by atoms with Gasteiger partial charge in [-0.25, -0.2) is 8.42 Å². The number of fused-ring (bicyclic) bond motifs is 1. The van der Waals surface area contributed by atoms with E-state index in [1.807, 2.05) is 25.1 Å². The van der Waals surface area contributed by atoms with E-state index in [-0.39, 0.29) is 17.3 Å². The van der Waals surface area contributed by atoms with Gasteiger partial charge >= 0.3 is 0 Å². The van der Waals surface area contributed by atoms with E-state index in [9.17, 15) is 13.2 Å². The van der Waals surface area contributed by atoms with E-state index in [0.717, 1.165) is 10.9 Å². The highest BCUT2D eigenvalue weighted by Gasteiger charge is 2.40. The Morgan fingerprint density at radius 1 is 1.21 bits per heavy atom. The average Bonchev–Trinajstić information content (AvgIpc) is 3.20. The molecule has 0 spiro atoms. The van der Waals surface area contributed by atoms with Crippen molar-refractivity contribution >= 4 is 44.1 Å². The molecule has 150 valence electrons. The van der Waals surface area contributed by atoms with Gasteiger partial charge in [0, 0.05) is 18.1 Å². The molecule has 1 aromatic heterocycles. The van der Waals surface area contributed by atoms with Crippen molar-refractivity contribution in [2.24, 2.45) is 0 Å². The maximum absolute atomic E-state index is 13.4. The zero-order valence-electron chi connectivity index (χ0n) is 15.8. The number of nitrogens with one attached hydrogen (secondary N) is 1. The second-order valence-corrected chi connectivity index (χ2v) is 9.34. The quantitative estimate of drug-likeness (QED) is 0.680. The van der Waals surface area contributed by atoms with Gasteiger partial charge in [0.25, 0.3) is 0 Å². The monoisotopic (exact) mass is 429 g/mol. The minimum Gasteiger partial charge on any atom is -0.323 e. The molecule has 0 saturated carbocycles.